The number of nitrogens with zero attached hydrogens (tertiary/aromatic N) is 5. The second kappa shape index (κ2) is 7.26. The Kier molecular flexibility index (Phi) is 4.66. The number of hydrogen-bond donors (Lipinski definition) is 1. The van der Waals surface area contributed by atoms with Crippen molar-refractivity contribution in [1.29, 1.82) is 0 Å². The lowest BCUT2D eigenvalue weighted by molar-refractivity contribution is 0.114. The highest BCUT2D eigenvalue weighted by Crippen LogP contribution is 2.24. The molecular formula is C20H24N6O. The van der Waals surface area contributed by atoms with Crippen molar-refractivity contribution in [3.8, 4) is 0 Å². The van der Waals surface area contributed by atoms with Gasteiger partial charge in [0.2, 0.25) is 0 Å². The number of benzene rings is 1. The first-order valence-corrected chi connectivity index (χ1v) is 9.19. The second-order valence-corrected chi connectivity index (χ2v) is 7.10. The van der Waals surface area contributed by atoms with Gasteiger partial charge < -0.3 is 14.8 Å². The number of carbonyl (C=O) groups is 1. The van der Waals surface area contributed by atoms with Crippen LogP contribution in [0, 0.1) is 13.8 Å². The molecule has 1 aromatic carbocycles. The lowest BCUT2D eigenvalue weighted by Crippen LogP contribution is -2.55. The van der Waals surface area contributed by atoms with E-state index in [9.17, 15) is 4.79 Å². The highest BCUT2D eigenvalue weighted by atomic mass is 16.2. The van der Waals surface area contributed by atoms with Gasteiger partial charge in [0.05, 0.1) is 24.1 Å². The van der Waals surface area contributed by atoms with E-state index in [0.29, 0.717) is 19.6 Å². The molecule has 140 valence electrons. The molecule has 0 bridgehead atoms. The number of aryl methyl sites for hydroxylation is 2. The van der Waals surface area contributed by atoms with Crippen molar-refractivity contribution in [2.75, 3.05) is 13.1 Å². The third-order valence-electron chi connectivity index (χ3n) is 4.99. The largest absolute Gasteiger partial charge is 0.335 e. The van der Waals surface area contributed by atoms with E-state index in [1.54, 1.807) is 12.5 Å². The molecule has 7 heteroatoms. The third-order valence-corrected chi connectivity index (χ3v) is 4.99. The zero-order chi connectivity index (χ0) is 18.8. The number of hydrogen-bond acceptors (Lipinski definition) is 3. The molecule has 1 fully saturated rings. The molecule has 0 saturated carbocycles. The van der Waals surface area contributed by atoms with Crippen LogP contribution in [0.15, 0.2) is 55.1 Å². The summed E-state index contributed by atoms with van der Waals surface area (Å²) in [4.78, 5) is 18.7. The first-order valence-electron chi connectivity index (χ1n) is 9.19. The van der Waals surface area contributed by atoms with Crippen molar-refractivity contribution in [2.45, 2.75) is 32.5 Å². The van der Waals surface area contributed by atoms with Crippen LogP contribution < -0.4 is 5.32 Å². The Hall–Kier alpha value is -3.09. The minimum Gasteiger partial charge on any atom is -0.335 e. The normalized spacial score (nSPS) is 15.4. The van der Waals surface area contributed by atoms with Gasteiger partial charge in [-0.1, -0.05) is 30.3 Å². The number of nitrogens with one attached hydrogen (secondary N) is 1. The molecule has 0 radical (unpaired) electrons. The van der Waals surface area contributed by atoms with Gasteiger partial charge in [0, 0.05) is 37.7 Å². The van der Waals surface area contributed by atoms with Crippen LogP contribution in [0.5, 0.6) is 0 Å². The van der Waals surface area contributed by atoms with Crippen LogP contribution in [0.1, 0.15) is 29.0 Å². The van der Waals surface area contributed by atoms with Gasteiger partial charge in [-0.3, -0.25) is 4.68 Å². The fraction of sp³-hybridized carbons (Fsp3) is 0.350. The van der Waals surface area contributed by atoms with Crippen molar-refractivity contribution < 1.29 is 4.79 Å². The summed E-state index contributed by atoms with van der Waals surface area (Å²) in [5.41, 5.74) is 3.23. The second-order valence-electron chi connectivity index (χ2n) is 7.10. The standard InChI is InChI=1S/C20H24N6O/c1-15-10-16(2)26(23-15)18-11-25(12-18)20(27)22-19(13-24-9-8-21-14-24)17-6-4-3-5-7-17/h3-10,14,18-19H,11-13H2,1-2H3,(H,22,27)/t19-/m0/s1. The number of carbonyl (C=O) groups excluding carboxylic acids is 1. The Morgan fingerprint density at radius 2 is 2.04 bits per heavy atom. The Morgan fingerprint density at radius 3 is 2.67 bits per heavy atom. The Balaban J connectivity index is 1.41. The van der Waals surface area contributed by atoms with Crippen molar-refractivity contribution in [3.05, 3.63) is 72.1 Å². The van der Waals surface area contributed by atoms with Crippen molar-refractivity contribution in [3.63, 3.8) is 0 Å². The Morgan fingerprint density at radius 1 is 1.26 bits per heavy atom. The summed E-state index contributed by atoms with van der Waals surface area (Å²) in [6.07, 6.45) is 5.42. The van der Waals surface area contributed by atoms with Gasteiger partial charge in [0.15, 0.2) is 0 Å². The number of amides is 2. The predicted octanol–water partition coefficient (Wildman–Crippen LogP) is 2.70. The maximum atomic E-state index is 12.8. The summed E-state index contributed by atoms with van der Waals surface area (Å²) in [5.74, 6) is 0. The zero-order valence-electron chi connectivity index (χ0n) is 15.6. The van der Waals surface area contributed by atoms with Crippen LogP contribution in [-0.2, 0) is 6.54 Å². The minimum atomic E-state index is -0.111. The highest BCUT2D eigenvalue weighted by Gasteiger charge is 2.34. The molecule has 1 saturated heterocycles. The van der Waals surface area contributed by atoms with E-state index in [1.165, 1.54) is 0 Å². The van der Waals surface area contributed by atoms with Crippen molar-refractivity contribution in [2.24, 2.45) is 0 Å². The van der Waals surface area contributed by atoms with Crippen molar-refractivity contribution >= 4 is 6.03 Å². The van der Waals surface area contributed by atoms with Gasteiger partial charge >= 0.3 is 6.03 Å². The number of rotatable bonds is 5. The van der Waals surface area contributed by atoms with Crippen LogP contribution in [0.2, 0.25) is 0 Å². The number of likely N-dealkylation sites (tertiary alicyclic amines) is 1. The van der Waals surface area contributed by atoms with Crippen LogP contribution in [-0.4, -0.2) is 43.4 Å². The molecule has 27 heavy (non-hydrogen) atoms. The van der Waals surface area contributed by atoms with E-state index in [1.807, 2.05) is 57.6 Å². The van der Waals surface area contributed by atoms with Gasteiger partial charge in [0.25, 0.3) is 0 Å². The Labute approximate surface area is 158 Å². The molecule has 0 spiro atoms. The first-order chi connectivity index (χ1) is 13.1. The predicted molar refractivity (Wildman–Crippen MR) is 102 cm³/mol. The summed E-state index contributed by atoms with van der Waals surface area (Å²) in [5, 5.41) is 7.71. The number of imidazole rings is 1. The molecule has 3 aromatic rings. The lowest BCUT2D eigenvalue weighted by atomic mass is 10.1. The molecule has 1 N–H and O–H groups in total. The molecular weight excluding hydrogens is 340 g/mol. The fourth-order valence-corrected chi connectivity index (χ4v) is 3.56. The van der Waals surface area contributed by atoms with Crippen LogP contribution in [0.3, 0.4) is 0 Å². The Bertz CT molecular complexity index is 896. The molecule has 7 nitrogen and oxygen atoms in total. The van der Waals surface area contributed by atoms with Crippen LogP contribution in [0.25, 0.3) is 0 Å². The van der Waals surface area contributed by atoms with Gasteiger partial charge in [-0.2, -0.15) is 5.10 Å². The molecule has 2 amide bonds. The van der Waals surface area contributed by atoms with Crippen LogP contribution >= 0.6 is 0 Å². The quantitative estimate of drug-likeness (QED) is 0.757. The SMILES string of the molecule is Cc1cc(C)n(C2CN(C(=O)N[C@@H](Cn3ccnc3)c3ccccc3)C2)n1. The summed E-state index contributed by atoms with van der Waals surface area (Å²) < 4.78 is 4.01. The van der Waals surface area contributed by atoms with Gasteiger partial charge in [-0.05, 0) is 25.5 Å². The van der Waals surface area contributed by atoms with Gasteiger partial charge in [-0.15, -0.1) is 0 Å². The molecule has 4 rings (SSSR count). The van der Waals surface area contributed by atoms with Gasteiger partial charge in [0.1, 0.15) is 0 Å². The number of aromatic nitrogens is 4. The number of urea groups is 1. The average Bonchev–Trinajstić information content (AvgIpc) is 3.23. The van der Waals surface area contributed by atoms with E-state index in [0.717, 1.165) is 17.0 Å². The summed E-state index contributed by atoms with van der Waals surface area (Å²) in [7, 11) is 0. The minimum absolute atomic E-state index is 0.0400. The van der Waals surface area contributed by atoms with E-state index in [4.69, 9.17) is 0 Å². The monoisotopic (exact) mass is 364 g/mol. The maximum absolute atomic E-state index is 12.8. The maximum Gasteiger partial charge on any atom is 0.318 e. The van der Waals surface area contributed by atoms with E-state index < -0.39 is 0 Å². The molecule has 0 aliphatic carbocycles. The van der Waals surface area contributed by atoms with Gasteiger partial charge in [-0.25, -0.2) is 9.78 Å². The molecule has 1 aliphatic heterocycles. The lowest BCUT2D eigenvalue weighted by Gasteiger charge is -2.40. The zero-order valence-corrected chi connectivity index (χ0v) is 15.6. The van der Waals surface area contributed by atoms with E-state index in [-0.39, 0.29) is 18.1 Å². The molecule has 2 aromatic heterocycles. The van der Waals surface area contributed by atoms with Crippen LogP contribution in [0.4, 0.5) is 4.79 Å². The highest BCUT2D eigenvalue weighted by molar-refractivity contribution is 5.75. The summed E-state index contributed by atoms with van der Waals surface area (Å²) >= 11 is 0. The topological polar surface area (TPSA) is 68.0 Å². The molecule has 1 atom stereocenters. The fourth-order valence-electron chi connectivity index (χ4n) is 3.56. The third kappa shape index (κ3) is 3.72. The first kappa shape index (κ1) is 17.3. The molecule has 3 heterocycles. The van der Waals surface area contributed by atoms with Crippen molar-refractivity contribution in [1.82, 2.24) is 29.5 Å². The smallest absolute Gasteiger partial charge is 0.318 e. The molecule has 0 unspecified atom stereocenters. The van der Waals surface area contributed by atoms with E-state index in [2.05, 4.69) is 28.4 Å². The molecule has 1 aliphatic rings. The summed E-state index contributed by atoms with van der Waals surface area (Å²) in [6.45, 7) is 6.05. The average molecular weight is 364 g/mol. The summed E-state index contributed by atoms with van der Waals surface area (Å²) in [6, 6.07) is 12.2. The van der Waals surface area contributed by atoms with E-state index >= 15 is 0 Å².